The Bertz CT molecular complexity index is 952. The van der Waals surface area contributed by atoms with Gasteiger partial charge >= 0.3 is 5.97 Å². The zero-order chi connectivity index (χ0) is 19.8. The molecule has 1 aliphatic heterocycles. The molecule has 0 aliphatic carbocycles. The summed E-state index contributed by atoms with van der Waals surface area (Å²) in [5, 5.41) is 9.65. The van der Waals surface area contributed by atoms with E-state index in [1.807, 2.05) is 31.2 Å². The van der Waals surface area contributed by atoms with E-state index in [4.69, 9.17) is 0 Å². The number of carboxylic acid groups (broad SMARTS) is 1. The van der Waals surface area contributed by atoms with E-state index in [-0.39, 0.29) is 11.4 Å². The summed E-state index contributed by atoms with van der Waals surface area (Å²) >= 11 is 1.49. The first-order valence-corrected chi connectivity index (χ1v) is 11.1. The van der Waals surface area contributed by atoms with E-state index < -0.39 is 26.8 Å². The van der Waals surface area contributed by atoms with Crippen molar-refractivity contribution in [1.82, 2.24) is 4.31 Å². The summed E-state index contributed by atoms with van der Waals surface area (Å²) in [4.78, 5) is 11.9. The van der Waals surface area contributed by atoms with Gasteiger partial charge in [-0.1, -0.05) is 42.0 Å². The summed E-state index contributed by atoms with van der Waals surface area (Å²) in [7, 11) is -3.90. The van der Waals surface area contributed by atoms with Gasteiger partial charge in [-0.3, -0.25) is 4.79 Å². The molecule has 3 rings (SSSR count). The summed E-state index contributed by atoms with van der Waals surface area (Å²) < 4.78 is 26.7. The van der Waals surface area contributed by atoms with Crippen molar-refractivity contribution in [2.45, 2.75) is 36.5 Å². The van der Waals surface area contributed by atoms with E-state index in [1.165, 1.54) is 11.8 Å². The summed E-state index contributed by atoms with van der Waals surface area (Å²) in [6.07, 6.45) is 0. The van der Waals surface area contributed by atoms with Crippen LogP contribution in [0.5, 0.6) is 0 Å². The maximum Gasteiger partial charge on any atom is 0.323 e. The van der Waals surface area contributed by atoms with Crippen LogP contribution in [0, 0.1) is 6.92 Å². The normalized spacial score (nSPS) is 20.3. The third kappa shape index (κ3) is 3.90. The molecule has 0 unspecified atom stereocenters. The first kappa shape index (κ1) is 19.9. The molecule has 0 bridgehead atoms. The van der Waals surface area contributed by atoms with Crippen molar-refractivity contribution in [2.75, 3.05) is 12.3 Å². The van der Waals surface area contributed by atoms with Crippen molar-refractivity contribution < 1.29 is 18.3 Å². The fourth-order valence-corrected chi connectivity index (χ4v) is 6.51. The molecule has 2 aromatic rings. The van der Waals surface area contributed by atoms with Gasteiger partial charge in [-0.2, -0.15) is 16.1 Å². The second kappa shape index (κ2) is 7.30. The zero-order valence-electron chi connectivity index (χ0n) is 15.5. The van der Waals surface area contributed by atoms with Crippen LogP contribution < -0.4 is 0 Å². The van der Waals surface area contributed by atoms with Crippen LogP contribution >= 0.6 is 11.8 Å². The van der Waals surface area contributed by atoms with Crippen LogP contribution in [-0.2, 0) is 14.8 Å². The molecule has 27 heavy (non-hydrogen) atoms. The fourth-order valence-electron chi connectivity index (χ4n) is 3.41. The van der Waals surface area contributed by atoms with E-state index in [9.17, 15) is 18.3 Å². The Hall–Kier alpha value is -1.83. The maximum atomic E-state index is 13.1. The maximum absolute atomic E-state index is 13.1. The molecule has 5 nitrogen and oxygen atoms in total. The molecule has 1 fully saturated rings. The molecule has 2 aromatic carbocycles. The molecule has 1 saturated heterocycles. The Balaban J connectivity index is 1.96. The predicted octanol–water partition coefficient (Wildman–Crippen LogP) is 3.63. The number of benzene rings is 2. The average Bonchev–Trinajstić information content (AvgIpc) is 2.60. The predicted molar refractivity (Wildman–Crippen MR) is 108 cm³/mol. The molecular formula is C20H23NO4S2. The Morgan fingerprint density at radius 2 is 1.81 bits per heavy atom. The number of sulfonamides is 1. The molecule has 0 spiro atoms. The summed E-state index contributed by atoms with van der Waals surface area (Å²) in [5.41, 5.74) is 3.06. The van der Waals surface area contributed by atoms with Crippen LogP contribution in [0.2, 0.25) is 0 Å². The highest BCUT2D eigenvalue weighted by Gasteiger charge is 2.48. The van der Waals surface area contributed by atoms with Crippen LogP contribution in [0.1, 0.15) is 19.4 Å². The van der Waals surface area contributed by atoms with E-state index in [2.05, 4.69) is 0 Å². The minimum atomic E-state index is -3.90. The fraction of sp³-hybridized carbons (Fsp3) is 0.350. The Morgan fingerprint density at radius 3 is 2.41 bits per heavy atom. The molecule has 0 aromatic heterocycles. The SMILES string of the molecule is Cc1cccc(-c2ccc(S(=O)(=O)N3CCSC(C)(C)[C@@H]3C(=O)O)cc2)c1. The van der Waals surface area contributed by atoms with Crippen molar-refractivity contribution in [1.29, 1.82) is 0 Å². The highest BCUT2D eigenvalue weighted by atomic mass is 32.2. The van der Waals surface area contributed by atoms with E-state index in [1.54, 1.807) is 38.1 Å². The molecule has 144 valence electrons. The van der Waals surface area contributed by atoms with Gasteiger partial charge in [0.25, 0.3) is 0 Å². The first-order chi connectivity index (χ1) is 12.6. The summed E-state index contributed by atoms with van der Waals surface area (Å²) in [6.45, 7) is 5.75. The number of carboxylic acids is 1. The number of aryl methyl sites for hydroxylation is 1. The molecule has 7 heteroatoms. The Kier molecular flexibility index (Phi) is 5.38. The van der Waals surface area contributed by atoms with Gasteiger partial charge in [-0.25, -0.2) is 8.42 Å². The van der Waals surface area contributed by atoms with Crippen molar-refractivity contribution in [2.24, 2.45) is 0 Å². The first-order valence-electron chi connectivity index (χ1n) is 8.69. The minimum absolute atomic E-state index is 0.118. The van der Waals surface area contributed by atoms with Crippen molar-refractivity contribution in [3.8, 4) is 11.1 Å². The van der Waals surface area contributed by atoms with Gasteiger partial charge in [-0.05, 0) is 44.0 Å². The largest absolute Gasteiger partial charge is 0.480 e. The Labute approximate surface area is 164 Å². The monoisotopic (exact) mass is 405 g/mol. The smallest absolute Gasteiger partial charge is 0.323 e. The van der Waals surface area contributed by atoms with Crippen LogP contribution in [0.3, 0.4) is 0 Å². The van der Waals surface area contributed by atoms with Gasteiger partial charge in [0.05, 0.1) is 4.90 Å². The molecular weight excluding hydrogens is 382 g/mol. The lowest BCUT2D eigenvalue weighted by Crippen LogP contribution is -2.58. The van der Waals surface area contributed by atoms with Gasteiger partial charge in [-0.15, -0.1) is 0 Å². The molecule has 1 aliphatic rings. The van der Waals surface area contributed by atoms with Crippen LogP contribution in [0.4, 0.5) is 0 Å². The topological polar surface area (TPSA) is 74.7 Å². The third-order valence-electron chi connectivity index (χ3n) is 4.78. The molecule has 0 amide bonds. The average molecular weight is 406 g/mol. The molecule has 1 atom stereocenters. The molecule has 0 saturated carbocycles. The molecule has 0 radical (unpaired) electrons. The molecule has 1 N–H and O–H groups in total. The van der Waals surface area contributed by atoms with Gasteiger partial charge < -0.3 is 5.11 Å². The van der Waals surface area contributed by atoms with E-state index >= 15 is 0 Å². The highest BCUT2D eigenvalue weighted by Crippen LogP contribution is 2.38. The van der Waals surface area contributed by atoms with Crippen LogP contribution in [0.15, 0.2) is 53.4 Å². The summed E-state index contributed by atoms with van der Waals surface area (Å²) in [5.74, 6) is -0.552. The molecule has 1 heterocycles. The zero-order valence-corrected chi connectivity index (χ0v) is 17.2. The quantitative estimate of drug-likeness (QED) is 0.841. The van der Waals surface area contributed by atoms with E-state index in [0.29, 0.717) is 5.75 Å². The number of thioether (sulfide) groups is 1. The lowest BCUT2D eigenvalue weighted by atomic mass is 10.0. The lowest BCUT2D eigenvalue weighted by molar-refractivity contribution is -0.142. The highest BCUT2D eigenvalue weighted by molar-refractivity contribution is 8.00. The number of nitrogens with zero attached hydrogens (tertiary/aromatic N) is 1. The number of carbonyl (C=O) groups is 1. The van der Waals surface area contributed by atoms with Gasteiger partial charge in [0.1, 0.15) is 6.04 Å². The van der Waals surface area contributed by atoms with Crippen molar-refractivity contribution in [3.63, 3.8) is 0 Å². The standard InChI is InChI=1S/C20H23NO4S2/c1-14-5-4-6-16(13-14)15-7-9-17(10-8-15)27(24,25)21-11-12-26-20(2,3)18(21)19(22)23/h4-10,13,18H,11-12H2,1-3H3,(H,22,23)/t18-/m0/s1. The number of hydrogen-bond donors (Lipinski definition) is 1. The number of rotatable bonds is 4. The van der Waals surface area contributed by atoms with Crippen molar-refractivity contribution in [3.05, 3.63) is 54.1 Å². The van der Waals surface area contributed by atoms with Gasteiger partial charge in [0.15, 0.2) is 0 Å². The minimum Gasteiger partial charge on any atom is -0.480 e. The van der Waals surface area contributed by atoms with Gasteiger partial charge in [0.2, 0.25) is 10.0 Å². The van der Waals surface area contributed by atoms with Crippen LogP contribution in [0.25, 0.3) is 11.1 Å². The second-order valence-electron chi connectivity index (χ2n) is 7.20. The number of hydrogen-bond acceptors (Lipinski definition) is 4. The number of aliphatic carboxylic acids is 1. The Morgan fingerprint density at radius 1 is 1.15 bits per heavy atom. The third-order valence-corrected chi connectivity index (χ3v) is 8.01. The lowest BCUT2D eigenvalue weighted by Gasteiger charge is -2.42. The van der Waals surface area contributed by atoms with Crippen LogP contribution in [-0.4, -0.2) is 46.9 Å². The van der Waals surface area contributed by atoms with Crippen molar-refractivity contribution >= 4 is 27.8 Å². The van der Waals surface area contributed by atoms with Gasteiger partial charge in [0, 0.05) is 17.0 Å². The second-order valence-corrected chi connectivity index (χ2v) is 10.8. The summed E-state index contributed by atoms with van der Waals surface area (Å²) in [6, 6.07) is 13.5. The van der Waals surface area contributed by atoms with E-state index in [0.717, 1.165) is 21.0 Å².